The first-order valence-corrected chi connectivity index (χ1v) is 9.85. The maximum Gasteiger partial charge on any atom is -0.00992 e. The SMILES string of the molecule is [Cl][Ni][Cl].c1ccc2c(-c3cccc4ccccc34)cccc2c1. The summed E-state index contributed by atoms with van der Waals surface area (Å²) in [5.74, 6) is 0. The number of hydrogen-bond donors (Lipinski definition) is 0. The predicted molar refractivity (Wildman–Crippen MR) is 98.6 cm³/mol. The van der Waals surface area contributed by atoms with E-state index in [1.807, 2.05) is 0 Å². The summed E-state index contributed by atoms with van der Waals surface area (Å²) in [5, 5.41) is 5.20. The summed E-state index contributed by atoms with van der Waals surface area (Å²) in [6, 6.07) is 30.2. The van der Waals surface area contributed by atoms with Crippen LogP contribution in [-0.2, 0) is 12.7 Å². The molecule has 118 valence electrons. The smallest absolute Gasteiger partial charge is 0.00992 e. The van der Waals surface area contributed by atoms with Crippen molar-refractivity contribution in [1.82, 2.24) is 0 Å². The maximum absolute atomic E-state index is 4.70. The van der Waals surface area contributed by atoms with Gasteiger partial charge < -0.3 is 0 Å². The zero-order chi connectivity index (χ0) is 16.1. The third kappa shape index (κ3) is 3.53. The fourth-order valence-corrected chi connectivity index (χ4v) is 2.92. The zero-order valence-corrected chi connectivity index (χ0v) is 14.7. The molecule has 0 aliphatic carbocycles. The third-order valence-corrected chi connectivity index (χ3v) is 3.87. The van der Waals surface area contributed by atoms with Gasteiger partial charge in [-0.3, -0.25) is 0 Å². The Morgan fingerprint density at radius 3 is 1.26 bits per heavy atom. The first-order chi connectivity index (χ1) is 11.3. The van der Waals surface area contributed by atoms with Crippen molar-refractivity contribution in [1.29, 1.82) is 0 Å². The van der Waals surface area contributed by atoms with Gasteiger partial charge in [-0.05, 0) is 32.7 Å². The molecule has 0 atom stereocenters. The van der Waals surface area contributed by atoms with Crippen LogP contribution in [0.4, 0.5) is 0 Å². The molecule has 0 aliphatic heterocycles. The van der Waals surface area contributed by atoms with Crippen molar-refractivity contribution in [3.05, 3.63) is 84.9 Å². The van der Waals surface area contributed by atoms with Gasteiger partial charge in [-0.2, -0.15) is 0 Å². The fourth-order valence-electron chi connectivity index (χ4n) is 2.92. The van der Waals surface area contributed by atoms with Crippen LogP contribution in [0.1, 0.15) is 0 Å². The second-order valence-corrected chi connectivity index (χ2v) is 6.73. The summed E-state index contributed by atoms with van der Waals surface area (Å²) in [6.07, 6.45) is 0. The normalized spacial score (nSPS) is 10.5. The van der Waals surface area contributed by atoms with E-state index in [-0.39, 0.29) is 0 Å². The van der Waals surface area contributed by atoms with E-state index >= 15 is 0 Å². The topological polar surface area (TPSA) is 0 Å². The van der Waals surface area contributed by atoms with Crippen LogP contribution < -0.4 is 0 Å². The number of hydrogen-bond acceptors (Lipinski definition) is 0. The van der Waals surface area contributed by atoms with Gasteiger partial charge in [0.05, 0.1) is 0 Å². The molecule has 3 heteroatoms. The Morgan fingerprint density at radius 2 is 0.826 bits per heavy atom. The molecule has 0 heterocycles. The van der Waals surface area contributed by atoms with Gasteiger partial charge in [0.2, 0.25) is 0 Å². The molecule has 0 fully saturated rings. The molecule has 4 rings (SSSR count). The largest absolute Gasteiger partial charge is 0.0616 e. The Kier molecular flexibility index (Phi) is 5.57. The van der Waals surface area contributed by atoms with Gasteiger partial charge >= 0.3 is 33.0 Å². The maximum atomic E-state index is 4.70. The zero-order valence-electron chi connectivity index (χ0n) is 12.2. The van der Waals surface area contributed by atoms with Crippen molar-refractivity contribution < 1.29 is 12.7 Å². The molecule has 4 aromatic carbocycles. The van der Waals surface area contributed by atoms with Crippen molar-refractivity contribution in [2.24, 2.45) is 0 Å². The van der Waals surface area contributed by atoms with E-state index in [1.54, 1.807) is 0 Å². The average molecular weight is 384 g/mol. The van der Waals surface area contributed by atoms with Crippen molar-refractivity contribution in [3.63, 3.8) is 0 Å². The molecule has 0 saturated heterocycles. The summed E-state index contributed by atoms with van der Waals surface area (Å²) in [7, 11) is 9.40. The van der Waals surface area contributed by atoms with Crippen LogP contribution in [0.3, 0.4) is 0 Å². The molecule has 0 spiro atoms. The molecular weight excluding hydrogens is 370 g/mol. The summed E-state index contributed by atoms with van der Waals surface area (Å²) in [5.41, 5.74) is 2.61. The van der Waals surface area contributed by atoms with Gasteiger partial charge in [-0.15, -0.1) is 0 Å². The van der Waals surface area contributed by atoms with Crippen molar-refractivity contribution in [2.45, 2.75) is 0 Å². The molecule has 0 unspecified atom stereocenters. The van der Waals surface area contributed by atoms with E-state index in [2.05, 4.69) is 84.9 Å². The van der Waals surface area contributed by atoms with Crippen LogP contribution in [0, 0.1) is 0 Å². The minimum Gasteiger partial charge on any atom is -0.0616 e. The first kappa shape index (κ1) is 16.3. The average Bonchev–Trinajstić information content (AvgIpc) is 2.61. The van der Waals surface area contributed by atoms with Gasteiger partial charge in [-0.25, -0.2) is 0 Å². The minimum atomic E-state index is 0.569. The predicted octanol–water partition coefficient (Wildman–Crippen LogP) is 7.04. The summed E-state index contributed by atoms with van der Waals surface area (Å²) < 4.78 is 0. The van der Waals surface area contributed by atoms with E-state index in [0.29, 0.717) is 12.7 Å². The van der Waals surface area contributed by atoms with E-state index < -0.39 is 0 Å². The molecule has 0 aromatic heterocycles. The summed E-state index contributed by atoms with van der Waals surface area (Å²) >= 11 is 0.569. The van der Waals surface area contributed by atoms with Crippen LogP contribution in [0.15, 0.2) is 84.9 Å². The van der Waals surface area contributed by atoms with Crippen LogP contribution >= 0.6 is 20.4 Å². The van der Waals surface area contributed by atoms with Crippen molar-refractivity contribution in [3.8, 4) is 11.1 Å². The van der Waals surface area contributed by atoms with Crippen molar-refractivity contribution in [2.75, 3.05) is 0 Å². The van der Waals surface area contributed by atoms with Crippen molar-refractivity contribution >= 4 is 41.9 Å². The van der Waals surface area contributed by atoms with E-state index in [0.717, 1.165) is 0 Å². The molecule has 0 N–H and O–H groups in total. The van der Waals surface area contributed by atoms with Gasteiger partial charge in [0.15, 0.2) is 0 Å². The second-order valence-electron chi connectivity index (χ2n) is 5.10. The standard InChI is InChI=1S/C20H14.2ClH.Ni/c1-3-11-17-15(7-1)9-5-13-19(17)20-14-6-10-16-8-2-4-12-18(16)20;;;/h1-14H;2*1H;/q;;;+2/p-2. The van der Waals surface area contributed by atoms with E-state index in [4.69, 9.17) is 20.4 Å². The molecule has 0 saturated carbocycles. The van der Waals surface area contributed by atoms with Gasteiger partial charge in [-0.1, -0.05) is 84.9 Å². The van der Waals surface area contributed by atoms with Gasteiger partial charge in [0.25, 0.3) is 0 Å². The Hall–Kier alpha value is -1.53. The molecule has 0 bridgehead atoms. The Labute approximate surface area is 150 Å². The molecule has 0 amide bonds. The van der Waals surface area contributed by atoms with Crippen LogP contribution in [0.2, 0.25) is 0 Å². The molecule has 23 heavy (non-hydrogen) atoms. The molecular formula is C20H14Cl2Ni. The van der Waals surface area contributed by atoms with Crippen LogP contribution in [0.5, 0.6) is 0 Å². The minimum absolute atomic E-state index is 0.569. The molecule has 0 nitrogen and oxygen atoms in total. The number of benzene rings is 4. The fraction of sp³-hybridized carbons (Fsp3) is 0. The van der Waals surface area contributed by atoms with Gasteiger partial charge in [0.1, 0.15) is 0 Å². The third-order valence-electron chi connectivity index (χ3n) is 3.87. The van der Waals surface area contributed by atoms with E-state index in [1.165, 1.54) is 32.7 Å². The monoisotopic (exact) mass is 382 g/mol. The van der Waals surface area contributed by atoms with Gasteiger partial charge in [0, 0.05) is 0 Å². The Bertz CT molecular complexity index is 847. The van der Waals surface area contributed by atoms with Crippen LogP contribution in [0.25, 0.3) is 32.7 Å². The molecule has 0 aliphatic rings. The summed E-state index contributed by atoms with van der Waals surface area (Å²) in [6.45, 7) is 0. The van der Waals surface area contributed by atoms with E-state index in [9.17, 15) is 0 Å². The Balaban J connectivity index is 0.000000485. The Morgan fingerprint density at radius 1 is 0.478 bits per heavy atom. The number of fused-ring (bicyclic) bond motifs is 2. The number of rotatable bonds is 1. The molecule has 0 radical (unpaired) electrons. The van der Waals surface area contributed by atoms with Crippen LogP contribution in [-0.4, -0.2) is 0 Å². The first-order valence-electron chi connectivity index (χ1n) is 7.13. The second kappa shape index (κ2) is 7.84. The summed E-state index contributed by atoms with van der Waals surface area (Å²) in [4.78, 5) is 0. The molecule has 4 aromatic rings. The quantitative estimate of drug-likeness (QED) is 0.309. The number of halogens is 2.